The predicted molar refractivity (Wildman–Crippen MR) is 80.8 cm³/mol. The maximum Gasteiger partial charge on any atom is 0.407 e. The molecule has 1 aliphatic rings. The van der Waals surface area contributed by atoms with Gasteiger partial charge >= 0.3 is 12.1 Å². The van der Waals surface area contributed by atoms with E-state index in [2.05, 4.69) is 15.7 Å². The maximum absolute atomic E-state index is 12.5. The standard InChI is InChI=1S/C14H21N5O4/c1-8-9(6-15-18(8)5)14(10(20)16-11(21)17-14)7-19(12(22)23)13(2,3)4/h6H,7H2,1-5H3,(H,22,23)(H2,16,17,20,21)/t14-/m0/s1. The molecule has 0 bridgehead atoms. The number of urea groups is 1. The number of amides is 4. The number of aromatic nitrogens is 2. The van der Waals surface area contributed by atoms with Crippen LogP contribution in [0.4, 0.5) is 9.59 Å². The molecule has 0 spiro atoms. The molecule has 0 aliphatic carbocycles. The minimum Gasteiger partial charge on any atom is -0.465 e. The van der Waals surface area contributed by atoms with Crippen LogP contribution in [-0.2, 0) is 17.4 Å². The molecule has 2 rings (SSSR count). The maximum atomic E-state index is 12.5. The molecule has 126 valence electrons. The molecule has 0 aromatic carbocycles. The topological polar surface area (TPSA) is 117 Å². The Kier molecular flexibility index (Phi) is 3.83. The molecular weight excluding hydrogens is 302 g/mol. The molecule has 1 fully saturated rings. The van der Waals surface area contributed by atoms with Crippen LogP contribution in [0, 0.1) is 6.92 Å². The number of carboxylic acid groups (broad SMARTS) is 1. The van der Waals surface area contributed by atoms with E-state index in [1.807, 2.05) is 0 Å². The summed E-state index contributed by atoms with van der Waals surface area (Å²) >= 11 is 0. The summed E-state index contributed by atoms with van der Waals surface area (Å²) in [5.74, 6) is -0.589. The van der Waals surface area contributed by atoms with Gasteiger partial charge in [0, 0.05) is 23.8 Å². The van der Waals surface area contributed by atoms with Crippen LogP contribution in [0.1, 0.15) is 32.0 Å². The first-order chi connectivity index (χ1) is 10.5. The molecule has 0 saturated carbocycles. The number of rotatable bonds is 3. The van der Waals surface area contributed by atoms with E-state index < -0.39 is 29.1 Å². The second-order valence-electron chi connectivity index (χ2n) is 6.62. The molecule has 1 saturated heterocycles. The van der Waals surface area contributed by atoms with Gasteiger partial charge in [0.05, 0.1) is 12.7 Å². The first-order valence-corrected chi connectivity index (χ1v) is 7.12. The van der Waals surface area contributed by atoms with Gasteiger partial charge in [-0.3, -0.25) is 14.8 Å². The molecule has 4 amide bonds. The van der Waals surface area contributed by atoms with Gasteiger partial charge < -0.3 is 15.3 Å². The Hall–Kier alpha value is -2.58. The van der Waals surface area contributed by atoms with E-state index in [1.54, 1.807) is 39.4 Å². The second kappa shape index (κ2) is 5.25. The Balaban J connectivity index is 2.56. The third-order valence-corrected chi connectivity index (χ3v) is 4.07. The highest BCUT2D eigenvalue weighted by atomic mass is 16.4. The van der Waals surface area contributed by atoms with Gasteiger partial charge in [0.15, 0.2) is 5.54 Å². The lowest BCUT2D eigenvalue weighted by Crippen LogP contribution is -2.58. The van der Waals surface area contributed by atoms with Crippen LogP contribution in [-0.4, -0.2) is 49.9 Å². The van der Waals surface area contributed by atoms with E-state index >= 15 is 0 Å². The van der Waals surface area contributed by atoms with Crippen LogP contribution in [0.5, 0.6) is 0 Å². The fraction of sp³-hybridized carbons (Fsp3) is 0.571. The summed E-state index contributed by atoms with van der Waals surface area (Å²) in [6.45, 7) is 6.71. The fourth-order valence-corrected chi connectivity index (χ4v) is 2.62. The zero-order valence-electron chi connectivity index (χ0n) is 13.8. The number of imide groups is 1. The number of nitrogens with zero attached hydrogens (tertiary/aromatic N) is 3. The first-order valence-electron chi connectivity index (χ1n) is 7.12. The third kappa shape index (κ3) is 2.73. The third-order valence-electron chi connectivity index (χ3n) is 4.07. The van der Waals surface area contributed by atoms with Crippen molar-refractivity contribution in [2.75, 3.05) is 6.54 Å². The smallest absolute Gasteiger partial charge is 0.407 e. The van der Waals surface area contributed by atoms with Crippen molar-refractivity contribution in [3.05, 3.63) is 17.5 Å². The van der Waals surface area contributed by atoms with E-state index in [9.17, 15) is 19.5 Å². The van der Waals surface area contributed by atoms with Crippen LogP contribution < -0.4 is 10.6 Å². The summed E-state index contributed by atoms with van der Waals surface area (Å²) in [6.07, 6.45) is 0.302. The molecule has 23 heavy (non-hydrogen) atoms. The van der Waals surface area contributed by atoms with Crippen molar-refractivity contribution in [3.63, 3.8) is 0 Å². The van der Waals surface area contributed by atoms with E-state index in [4.69, 9.17) is 0 Å². The highest BCUT2D eigenvalue weighted by Gasteiger charge is 2.52. The number of carbonyl (C=O) groups excluding carboxylic acids is 2. The van der Waals surface area contributed by atoms with Crippen LogP contribution >= 0.6 is 0 Å². The summed E-state index contributed by atoms with van der Waals surface area (Å²) in [4.78, 5) is 37.0. The van der Waals surface area contributed by atoms with Gasteiger partial charge in [-0.15, -0.1) is 0 Å². The SMILES string of the molecule is Cc1c([C@]2(CN(C(=O)O)C(C)(C)C)NC(=O)NC2=O)cnn1C. The highest BCUT2D eigenvalue weighted by molar-refractivity contribution is 6.07. The molecule has 3 N–H and O–H groups in total. The summed E-state index contributed by atoms with van der Waals surface area (Å²) in [5, 5.41) is 18.4. The lowest BCUT2D eigenvalue weighted by molar-refractivity contribution is -0.125. The summed E-state index contributed by atoms with van der Waals surface area (Å²) in [6, 6.07) is -0.655. The molecule has 0 unspecified atom stereocenters. The van der Waals surface area contributed by atoms with Crippen molar-refractivity contribution in [1.82, 2.24) is 25.3 Å². The van der Waals surface area contributed by atoms with Crippen molar-refractivity contribution < 1.29 is 19.5 Å². The van der Waals surface area contributed by atoms with Gasteiger partial charge in [0.1, 0.15) is 0 Å². The number of aryl methyl sites for hydroxylation is 1. The quantitative estimate of drug-likeness (QED) is 0.702. The van der Waals surface area contributed by atoms with Gasteiger partial charge in [0.2, 0.25) is 0 Å². The van der Waals surface area contributed by atoms with Crippen molar-refractivity contribution in [3.8, 4) is 0 Å². The first kappa shape index (κ1) is 16.8. The Labute approximate surface area is 133 Å². The summed E-state index contributed by atoms with van der Waals surface area (Å²) in [7, 11) is 1.71. The largest absolute Gasteiger partial charge is 0.465 e. The van der Waals surface area contributed by atoms with Crippen LogP contribution in [0.3, 0.4) is 0 Å². The van der Waals surface area contributed by atoms with Gasteiger partial charge in [-0.25, -0.2) is 9.59 Å². The van der Waals surface area contributed by atoms with Crippen molar-refractivity contribution in [2.45, 2.75) is 38.8 Å². The number of carbonyl (C=O) groups is 3. The highest BCUT2D eigenvalue weighted by Crippen LogP contribution is 2.31. The predicted octanol–water partition coefficient (Wildman–Crippen LogP) is 0.542. The molecule has 9 heteroatoms. The van der Waals surface area contributed by atoms with E-state index in [0.29, 0.717) is 11.3 Å². The lowest BCUT2D eigenvalue weighted by atomic mass is 9.88. The minimum absolute atomic E-state index is 0.212. The summed E-state index contributed by atoms with van der Waals surface area (Å²) in [5.41, 5.74) is -1.11. The molecule has 1 aromatic rings. The Bertz CT molecular complexity index is 675. The molecule has 0 radical (unpaired) electrons. The molecule has 9 nitrogen and oxygen atoms in total. The van der Waals surface area contributed by atoms with Crippen molar-refractivity contribution in [1.29, 1.82) is 0 Å². The van der Waals surface area contributed by atoms with Crippen molar-refractivity contribution >= 4 is 18.0 Å². The average molecular weight is 323 g/mol. The normalized spacial score (nSPS) is 21.1. The Morgan fingerprint density at radius 2 is 2.04 bits per heavy atom. The van der Waals surface area contributed by atoms with E-state index in [-0.39, 0.29) is 6.54 Å². The van der Waals surface area contributed by atoms with Gasteiger partial charge in [-0.1, -0.05) is 0 Å². The zero-order chi connectivity index (χ0) is 17.6. The average Bonchev–Trinajstić information content (AvgIpc) is 2.87. The monoisotopic (exact) mass is 323 g/mol. The molecule has 1 atom stereocenters. The van der Waals surface area contributed by atoms with Crippen LogP contribution in [0.2, 0.25) is 0 Å². The molecule has 1 aliphatic heterocycles. The van der Waals surface area contributed by atoms with Gasteiger partial charge in [0.25, 0.3) is 5.91 Å². The Morgan fingerprint density at radius 1 is 1.43 bits per heavy atom. The summed E-state index contributed by atoms with van der Waals surface area (Å²) < 4.78 is 1.57. The molecular formula is C14H21N5O4. The van der Waals surface area contributed by atoms with Crippen LogP contribution in [0.15, 0.2) is 6.20 Å². The Morgan fingerprint density at radius 3 is 2.39 bits per heavy atom. The lowest BCUT2D eigenvalue weighted by Gasteiger charge is -2.39. The minimum atomic E-state index is -1.50. The second-order valence-corrected chi connectivity index (χ2v) is 6.62. The number of hydrogen-bond donors (Lipinski definition) is 3. The number of nitrogens with one attached hydrogen (secondary N) is 2. The van der Waals surface area contributed by atoms with E-state index in [1.165, 1.54) is 6.20 Å². The van der Waals surface area contributed by atoms with Gasteiger partial charge in [-0.2, -0.15) is 5.10 Å². The van der Waals surface area contributed by atoms with E-state index in [0.717, 1.165) is 4.90 Å². The zero-order valence-corrected chi connectivity index (χ0v) is 13.8. The van der Waals surface area contributed by atoms with Gasteiger partial charge in [-0.05, 0) is 27.7 Å². The fourth-order valence-electron chi connectivity index (χ4n) is 2.62. The number of hydrogen-bond acceptors (Lipinski definition) is 4. The molecule has 1 aromatic heterocycles. The van der Waals surface area contributed by atoms with Crippen molar-refractivity contribution in [2.24, 2.45) is 7.05 Å². The van der Waals surface area contributed by atoms with Crippen LogP contribution in [0.25, 0.3) is 0 Å². The molecule has 2 heterocycles.